The molecule has 0 aromatic heterocycles. The Bertz CT molecular complexity index is 1590. The highest BCUT2D eigenvalue weighted by molar-refractivity contribution is 7.80. The molecule has 0 unspecified atom stereocenters. The SMILES string of the molecule is N[C@@H](CS)C(=O)CCC1CCC(C(=O)N[C@@H](Cc2ccc3ccccc3c2)C(=O)NCCCC[C@H](CC(=O)C[C@@H](CCC(=O)O)C(=O)O)C(=O)O)CC1. The number of thiol groups is 1. The van der Waals surface area contributed by atoms with Crippen LogP contribution in [-0.2, 0) is 40.0 Å². The quantitative estimate of drug-likeness (QED) is 0.0594. The molecule has 4 atom stereocenters. The van der Waals surface area contributed by atoms with Gasteiger partial charge in [0.15, 0.2) is 0 Å². The Morgan fingerprint density at radius 1 is 0.811 bits per heavy atom. The second-order valence-corrected chi connectivity index (χ2v) is 14.6. The van der Waals surface area contributed by atoms with Gasteiger partial charge in [-0.05, 0) is 73.6 Å². The third kappa shape index (κ3) is 14.9. The normalized spacial score (nSPS) is 17.9. The molecule has 1 aliphatic rings. The van der Waals surface area contributed by atoms with Crippen LogP contribution in [-0.4, -0.2) is 81.0 Å². The maximum Gasteiger partial charge on any atom is 0.306 e. The van der Waals surface area contributed by atoms with Crippen LogP contribution in [0.15, 0.2) is 42.5 Å². The number of benzene rings is 2. The lowest BCUT2D eigenvalue weighted by molar-refractivity contribution is -0.146. The van der Waals surface area contributed by atoms with Gasteiger partial charge < -0.3 is 31.7 Å². The second kappa shape index (κ2) is 22.0. The van der Waals surface area contributed by atoms with E-state index in [2.05, 4.69) is 23.3 Å². The first kappa shape index (κ1) is 43.1. The summed E-state index contributed by atoms with van der Waals surface area (Å²) in [5.74, 6) is -6.68. The molecule has 2 amide bonds. The van der Waals surface area contributed by atoms with Gasteiger partial charge in [0.05, 0.1) is 17.9 Å². The van der Waals surface area contributed by atoms with E-state index in [0.29, 0.717) is 43.8 Å². The predicted molar refractivity (Wildman–Crippen MR) is 201 cm³/mol. The monoisotopic (exact) mass is 755 g/mol. The highest BCUT2D eigenvalue weighted by Gasteiger charge is 2.31. The summed E-state index contributed by atoms with van der Waals surface area (Å²) in [4.78, 5) is 85.8. The number of fused-ring (bicyclic) bond motifs is 1. The summed E-state index contributed by atoms with van der Waals surface area (Å²) >= 11 is 4.10. The minimum absolute atomic E-state index is 0.00313. The van der Waals surface area contributed by atoms with Gasteiger partial charge in [-0.15, -0.1) is 0 Å². The molecule has 2 aromatic carbocycles. The second-order valence-electron chi connectivity index (χ2n) is 14.2. The van der Waals surface area contributed by atoms with Crippen LogP contribution < -0.4 is 16.4 Å². The number of nitrogens with two attached hydrogens (primary N) is 1. The molecule has 1 fully saturated rings. The van der Waals surface area contributed by atoms with Gasteiger partial charge in [-0.25, -0.2) is 0 Å². The van der Waals surface area contributed by atoms with Crippen molar-refractivity contribution in [3.63, 3.8) is 0 Å². The van der Waals surface area contributed by atoms with Gasteiger partial charge in [-0.2, -0.15) is 12.6 Å². The summed E-state index contributed by atoms with van der Waals surface area (Å²) in [7, 11) is 0. The number of hydrogen-bond acceptors (Lipinski definition) is 9. The molecule has 0 spiro atoms. The van der Waals surface area contributed by atoms with Gasteiger partial charge in [-0.3, -0.25) is 33.6 Å². The third-order valence-electron chi connectivity index (χ3n) is 10.1. The molecule has 3 rings (SSSR count). The van der Waals surface area contributed by atoms with E-state index in [4.69, 9.17) is 10.8 Å². The molecular formula is C39H53N3O10S. The number of hydrogen-bond donors (Lipinski definition) is 7. The Labute approximate surface area is 315 Å². The molecule has 2 aromatic rings. The lowest BCUT2D eigenvalue weighted by Crippen LogP contribution is -2.50. The number of ketones is 2. The largest absolute Gasteiger partial charge is 0.481 e. The highest BCUT2D eigenvalue weighted by Crippen LogP contribution is 2.32. The van der Waals surface area contributed by atoms with E-state index in [9.17, 15) is 43.8 Å². The zero-order valence-electron chi connectivity index (χ0n) is 30.0. The van der Waals surface area contributed by atoms with Crippen molar-refractivity contribution in [3.05, 3.63) is 48.0 Å². The lowest BCUT2D eigenvalue weighted by Gasteiger charge is -2.29. The summed E-state index contributed by atoms with van der Waals surface area (Å²) in [6, 6.07) is 12.3. The van der Waals surface area contributed by atoms with Gasteiger partial charge in [0.25, 0.3) is 0 Å². The van der Waals surface area contributed by atoms with Crippen LogP contribution in [0.2, 0.25) is 0 Å². The highest BCUT2D eigenvalue weighted by atomic mass is 32.1. The van der Waals surface area contributed by atoms with Crippen molar-refractivity contribution in [2.45, 2.75) is 102 Å². The van der Waals surface area contributed by atoms with E-state index in [1.807, 2.05) is 42.5 Å². The molecule has 13 nitrogen and oxygen atoms in total. The molecule has 0 heterocycles. The molecule has 1 saturated carbocycles. The molecular weight excluding hydrogens is 703 g/mol. The van der Waals surface area contributed by atoms with E-state index in [-0.39, 0.29) is 55.7 Å². The van der Waals surface area contributed by atoms with Crippen molar-refractivity contribution < 1.29 is 48.9 Å². The maximum absolute atomic E-state index is 13.5. The van der Waals surface area contributed by atoms with E-state index in [0.717, 1.165) is 35.6 Å². The summed E-state index contributed by atoms with van der Waals surface area (Å²) < 4.78 is 0. The molecule has 1 aliphatic carbocycles. The van der Waals surface area contributed by atoms with Crippen molar-refractivity contribution in [1.82, 2.24) is 10.6 Å². The zero-order valence-corrected chi connectivity index (χ0v) is 30.9. The maximum atomic E-state index is 13.5. The van der Waals surface area contributed by atoms with E-state index < -0.39 is 60.5 Å². The van der Waals surface area contributed by atoms with Crippen LogP contribution in [0.4, 0.5) is 0 Å². The number of carboxylic acids is 3. The third-order valence-corrected chi connectivity index (χ3v) is 10.5. The molecule has 290 valence electrons. The molecule has 0 aliphatic heterocycles. The van der Waals surface area contributed by atoms with Crippen molar-refractivity contribution in [1.29, 1.82) is 0 Å². The average Bonchev–Trinajstić information content (AvgIpc) is 3.13. The van der Waals surface area contributed by atoms with Crippen molar-refractivity contribution >= 4 is 64.7 Å². The number of carbonyl (C=O) groups is 7. The Morgan fingerprint density at radius 2 is 1.45 bits per heavy atom. The number of unbranched alkanes of at least 4 members (excludes halogenated alkanes) is 1. The lowest BCUT2D eigenvalue weighted by atomic mass is 9.79. The molecule has 0 radical (unpaired) electrons. The molecule has 0 bridgehead atoms. The van der Waals surface area contributed by atoms with Crippen LogP contribution in [0.3, 0.4) is 0 Å². The summed E-state index contributed by atoms with van der Waals surface area (Å²) in [6.07, 6.45) is 3.74. The van der Waals surface area contributed by atoms with Crippen LogP contribution in [0.25, 0.3) is 10.8 Å². The van der Waals surface area contributed by atoms with Crippen molar-refractivity contribution in [2.24, 2.45) is 29.4 Å². The fourth-order valence-electron chi connectivity index (χ4n) is 6.85. The van der Waals surface area contributed by atoms with Gasteiger partial charge in [0, 0.05) is 50.3 Å². The van der Waals surface area contributed by atoms with E-state index in [1.54, 1.807) is 0 Å². The van der Waals surface area contributed by atoms with Crippen LogP contribution >= 0.6 is 12.6 Å². The van der Waals surface area contributed by atoms with E-state index >= 15 is 0 Å². The summed E-state index contributed by atoms with van der Waals surface area (Å²) in [5, 5.41) is 35.8. The predicted octanol–water partition coefficient (Wildman–Crippen LogP) is 4.18. The number of nitrogens with one attached hydrogen (secondary N) is 2. The summed E-state index contributed by atoms with van der Waals surface area (Å²) in [6.45, 7) is 0.209. The van der Waals surface area contributed by atoms with Crippen molar-refractivity contribution in [2.75, 3.05) is 12.3 Å². The number of Topliss-reactive ketones (excluding diaryl/α,β-unsaturated/α-hetero) is 2. The van der Waals surface area contributed by atoms with Crippen molar-refractivity contribution in [3.8, 4) is 0 Å². The summed E-state index contributed by atoms with van der Waals surface area (Å²) in [5.41, 5.74) is 6.67. The first-order chi connectivity index (χ1) is 25.3. The van der Waals surface area contributed by atoms with Crippen LogP contribution in [0.5, 0.6) is 0 Å². The fourth-order valence-corrected chi connectivity index (χ4v) is 7.06. The van der Waals surface area contributed by atoms with Gasteiger partial charge >= 0.3 is 17.9 Å². The van der Waals surface area contributed by atoms with Gasteiger partial charge in [-0.1, -0.05) is 48.9 Å². The fraction of sp³-hybridized carbons (Fsp3) is 0.564. The zero-order chi connectivity index (χ0) is 38.9. The Morgan fingerprint density at radius 3 is 2.08 bits per heavy atom. The van der Waals surface area contributed by atoms with E-state index in [1.165, 1.54) is 0 Å². The van der Waals surface area contributed by atoms with Gasteiger partial charge in [0.1, 0.15) is 17.6 Å². The smallest absolute Gasteiger partial charge is 0.306 e. The first-order valence-electron chi connectivity index (χ1n) is 18.4. The number of aliphatic carboxylic acids is 3. The average molecular weight is 756 g/mol. The molecule has 14 heteroatoms. The van der Waals surface area contributed by atoms with Crippen LogP contribution in [0, 0.1) is 23.7 Å². The minimum Gasteiger partial charge on any atom is -0.481 e. The standard InChI is InChI=1S/C39H53N3O10S/c40-32(23-53)34(44)16-11-24-8-13-27(14-9-24)36(47)42-33(20-25-10-12-26-5-1-2-6-28(26)19-25)37(48)41-18-4-3-7-29(38(49)50)21-31(43)22-30(39(51)52)15-17-35(45)46/h1-2,5-6,10,12,19,24,27,29-30,32-33,53H,3-4,7-9,11,13-18,20-23,40H2,(H,41,48)(H,42,47)(H,45,46)(H,49,50)(H,51,52)/t24?,27?,29-,30-,32+,33+/m1/s1. The van der Waals surface area contributed by atoms with Gasteiger partial charge in [0.2, 0.25) is 11.8 Å². The Hall–Kier alpha value is -4.30. The first-order valence-corrected chi connectivity index (χ1v) is 19.0. The number of amides is 2. The Kier molecular flexibility index (Phi) is 17.9. The minimum atomic E-state index is -1.31. The topological polar surface area (TPSA) is 230 Å². The number of carbonyl (C=O) groups excluding carboxylic acids is 4. The molecule has 7 N–H and O–H groups in total. The number of rotatable bonds is 24. The molecule has 0 saturated heterocycles. The van der Waals surface area contributed by atoms with Crippen LogP contribution in [0.1, 0.15) is 89.0 Å². The Balaban J connectivity index is 1.55. The molecule has 53 heavy (non-hydrogen) atoms. The number of carboxylic acid groups (broad SMARTS) is 3.